The van der Waals surface area contributed by atoms with Crippen molar-refractivity contribution in [3.05, 3.63) is 46.9 Å². The van der Waals surface area contributed by atoms with Gasteiger partial charge in [-0.1, -0.05) is 18.2 Å². The number of carboxylic acid groups (broad SMARTS) is 1. The quantitative estimate of drug-likeness (QED) is 0.942. The molecule has 110 valence electrons. The highest BCUT2D eigenvalue weighted by Crippen LogP contribution is 2.28. The number of carbonyl (C=O) groups is 2. The second-order valence-corrected chi connectivity index (χ2v) is 5.23. The average Bonchev–Trinajstić information content (AvgIpc) is 2.82. The highest BCUT2D eigenvalue weighted by Gasteiger charge is 2.24. The molecule has 0 radical (unpaired) electrons. The van der Waals surface area contributed by atoms with E-state index >= 15 is 0 Å². The van der Waals surface area contributed by atoms with Crippen LogP contribution in [0.5, 0.6) is 0 Å². The Morgan fingerprint density at radius 1 is 1.38 bits per heavy atom. The number of aryl methyl sites for hydroxylation is 1. The van der Waals surface area contributed by atoms with Crippen LogP contribution in [0.4, 0.5) is 9.39 Å². The van der Waals surface area contributed by atoms with E-state index in [0.29, 0.717) is 5.69 Å². The first-order valence-electron chi connectivity index (χ1n) is 6.11. The molecule has 0 unspecified atom stereocenters. The van der Waals surface area contributed by atoms with Crippen LogP contribution >= 0.6 is 11.5 Å². The van der Waals surface area contributed by atoms with E-state index in [1.807, 2.05) is 0 Å². The minimum absolute atomic E-state index is 0.00406. The van der Waals surface area contributed by atoms with E-state index in [4.69, 9.17) is 5.11 Å². The maximum atomic E-state index is 13.6. The van der Waals surface area contributed by atoms with Gasteiger partial charge in [-0.15, -0.1) is 0 Å². The summed E-state index contributed by atoms with van der Waals surface area (Å²) in [6.07, 6.45) is -0.140. The van der Waals surface area contributed by atoms with Gasteiger partial charge < -0.3 is 10.0 Å². The van der Waals surface area contributed by atoms with Crippen molar-refractivity contribution in [2.24, 2.45) is 0 Å². The molecule has 0 fully saturated rings. The molecule has 2 aromatic rings. The third-order valence-corrected chi connectivity index (χ3v) is 4.05. The van der Waals surface area contributed by atoms with Crippen LogP contribution in [0.1, 0.15) is 21.6 Å². The minimum Gasteiger partial charge on any atom is -0.478 e. The predicted molar refractivity (Wildman–Crippen MR) is 77.3 cm³/mol. The first-order valence-corrected chi connectivity index (χ1v) is 6.88. The molecule has 7 heteroatoms. The van der Waals surface area contributed by atoms with E-state index in [2.05, 4.69) is 4.37 Å². The number of aromatic nitrogens is 1. The third kappa shape index (κ3) is 3.08. The summed E-state index contributed by atoms with van der Waals surface area (Å²) in [6.45, 7) is 1.57. The minimum atomic E-state index is -1.14. The Labute approximate surface area is 124 Å². The van der Waals surface area contributed by atoms with Crippen molar-refractivity contribution in [1.82, 2.24) is 4.37 Å². The molecule has 5 nitrogen and oxygen atoms in total. The van der Waals surface area contributed by atoms with Crippen molar-refractivity contribution in [2.75, 3.05) is 11.9 Å². The van der Waals surface area contributed by atoms with Gasteiger partial charge in [0.1, 0.15) is 16.4 Å². The van der Waals surface area contributed by atoms with Gasteiger partial charge in [0.15, 0.2) is 0 Å². The number of carbonyl (C=O) groups excluding carboxylic acids is 1. The van der Waals surface area contributed by atoms with Crippen LogP contribution in [0.2, 0.25) is 0 Å². The van der Waals surface area contributed by atoms with Crippen molar-refractivity contribution in [1.29, 1.82) is 0 Å². The van der Waals surface area contributed by atoms with Gasteiger partial charge in [0.25, 0.3) is 0 Å². The van der Waals surface area contributed by atoms with Gasteiger partial charge in [0, 0.05) is 7.05 Å². The standard InChI is InChI=1S/C14H13FN2O3S/c1-8-12(14(19)20)13(21-16-8)17(2)11(18)7-9-5-3-4-6-10(9)15/h3-6H,7H2,1-2H3,(H,19,20). The molecule has 1 N–H and O–H groups in total. The Morgan fingerprint density at radius 2 is 2.05 bits per heavy atom. The summed E-state index contributed by atoms with van der Waals surface area (Å²) in [6, 6.07) is 5.99. The Balaban J connectivity index is 2.24. The number of likely N-dealkylation sites (N-methyl/N-ethyl adjacent to an activating group) is 1. The van der Waals surface area contributed by atoms with E-state index in [1.165, 1.54) is 24.1 Å². The van der Waals surface area contributed by atoms with Crippen molar-refractivity contribution in [3.63, 3.8) is 0 Å². The topological polar surface area (TPSA) is 70.5 Å². The van der Waals surface area contributed by atoms with Gasteiger partial charge in [-0.3, -0.25) is 4.79 Å². The van der Waals surface area contributed by atoms with Crippen LogP contribution < -0.4 is 4.90 Å². The molecule has 0 atom stereocenters. The van der Waals surface area contributed by atoms with E-state index in [9.17, 15) is 14.0 Å². The first kappa shape index (κ1) is 15.1. The Bertz CT molecular complexity index is 699. The normalized spacial score (nSPS) is 10.4. The first-order chi connectivity index (χ1) is 9.91. The molecule has 1 aromatic heterocycles. The zero-order valence-corrected chi connectivity index (χ0v) is 12.3. The molecule has 0 aliphatic rings. The smallest absolute Gasteiger partial charge is 0.340 e. The van der Waals surface area contributed by atoms with Gasteiger partial charge in [-0.05, 0) is 30.1 Å². The lowest BCUT2D eigenvalue weighted by atomic mass is 10.1. The number of aromatic carboxylic acids is 1. The molecular formula is C14H13FN2O3S. The fraction of sp³-hybridized carbons (Fsp3) is 0.214. The number of carboxylic acids is 1. The molecule has 1 amide bonds. The molecule has 0 aliphatic carbocycles. The molecule has 0 bridgehead atoms. The Hall–Kier alpha value is -2.28. The van der Waals surface area contributed by atoms with E-state index in [1.54, 1.807) is 19.1 Å². The number of hydrogen-bond acceptors (Lipinski definition) is 4. The number of amides is 1. The molecule has 1 heterocycles. The number of benzene rings is 1. The van der Waals surface area contributed by atoms with E-state index in [-0.39, 0.29) is 22.5 Å². The van der Waals surface area contributed by atoms with Crippen LogP contribution in [0.25, 0.3) is 0 Å². The van der Waals surface area contributed by atoms with Crippen molar-refractivity contribution >= 4 is 28.4 Å². The molecule has 0 spiro atoms. The van der Waals surface area contributed by atoms with E-state index in [0.717, 1.165) is 11.5 Å². The van der Waals surface area contributed by atoms with Crippen LogP contribution in [0, 0.1) is 12.7 Å². The molecule has 0 saturated heterocycles. The lowest BCUT2D eigenvalue weighted by Gasteiger charge is -2.16. The van der Waals surface area contributed by atoms with Crippen LogP contribution in [0.15, 0.2) is 24.3 Å². The van der Waals surface area contributed by atoms with Crippen LogP contribution in [0.3, 0.4) is 0 Å². The van der Waals surface area contributed by atoms with Crippen LogP contribution in [-0.4, -0.2) is 28.4 Å². The van der Waals surface area contributed by atoms with Gasteiger partial charge >= 0.3 is 5.97 Å². The van der Waals surface area contributed by atoms with Crippen molar-refractivity contribution < 1.29 is 19.1 Å². The fourth-order valence-corrected chi connectivity index (χ4v) is 2.73. The summed E-state index contributed by atoms with van der Waals surface area (Å²) >= 11 is 0.936. The van der Waals surface area contributed by atoms with Gasteiger partial charge in [0.05, 0.1) is 12.1 Å². The second kappa shape index (κ2) is 6.01. The summed E-state index contributed by atoms with van der Waals surface area (Å²) in [7, 11) is 1.46. The highest BCUT2D eigenvalue weighted by atomic mass is 32.1. The molecule has 0 saturated carbocycles. The third-order valence-electron chi connectivity index (χ3n) is 3.04. The molecule has 1 aromatic carbocycles. The SMILES string of the molecule is Cc1nsc(N(C)C(=O)Cc2ccccc2F)c1C(=O)O. The van der Waals surface area contributed by atoms with E-state index < -0.39 is 17.7 Å². The summed E-state index contributed by atoms with van der Waals surface area (Å²) in [5.41, 5.74) is 0.630. The number of rotatable bonds is 4. The Morgan fingerprint density at radius 3 is 2.67 bits per heavy atom. The number of hydrogen-bond donors (Lipinski definition) is 1. The average molecular weight is 308 g/mol. The zero-order chi connectivity index (χ0) is 15.6. The van der Waals surface area contributed by atoms with Gasteiger partial charge in [-0.2, -0.15) is 4.37 Å². The summed E-state index contributed by atoms with van der Waals surface area (Å²) in [5.74, 6) is -1.99. The second-order valence-electron chi connectivity index (χ2n) is 4.47. The maximum Gasteiger partial charge on any atom is 0.340 e. The molecule has 21 heavy (non-hydrogen) atoms. The number of anilines is 1. The van der Waals surface area contributed by atoms with Crippen LogP contribution in [-0.2, 0) is 11.2 Å². The molecule has 2 rings (SSSR count). The van der Waals surface area contributed by atoms with Gasteiger partial charge in [0.2, 0.25) is 5.91 Å². The Kier molecular flexibility index (Phi) is 4.32. The summed E-state index contributed by atoms with van der Waals surface area (Å²) in [4.78, 5) is 24.6. The summed E-state index contributed by atoms with van der Waals surface area (Å²) in [5, 5.41) is 9.42. The zero-order valence-electron chi connectivity index (χ0n) is 11.5. The van der Waals surface area contributed by atoms with Crippen molar-refractivity contribution in [2.45, 2.75) is 13.3 Å². The largest absolute Gasteiger partial charge is 0.478 e. The lowest BCUT2D eigenvalue weighted by molar-refractivity contribution is -0.117. The monoisotopic (exact) mass is 308 g/mol. The van der Waals surface area contributed by atoms with Gasteiger partial charge in [-0.25, -0.2) is 9.18 Å². The highest BCUT2D eigenvalue weighted by molar-refractivity contribution is 7.11. The lowest BCUT2D eigenvalue weighted by Crippen LogP contribution is -2.28. The number of halogens is 1. The molecule has 0 aliphatic heterocycles. The number of nitrogens with zero attached hydrogens (tertiary/aromatic N) is 2. The maximum absolute atomic E-state index is 13.6. The predicted octanol–water partition coefficient (Wildman–Crippen LogP) is 2.49. The fourth-order valence-electron chi connectivity index (χ4n) is 1.87. The summed E-state index contributed by atoms with van der Waals surface area (Å²) < 4.78 is 17.5. The van der Waals surface area contributed by atoms with Crippen molar-refractivity contribution in [3.8, 4) is 0 Å². The molecular weight excluding hydrogens is 295 g/mol.